The van der Waals surface area contributed by atoms with E-state index >= 15 is 0 Å². The third-order valence-electron chi connectivity index (χ3n) is 4.45. The molecule has 0 spiro atoms. The topological polar surface area (TPSA) is 67.8 Å². The van der Waals surface area contributed by atoms with E-state index in [1.54, 1.807) is 6.07 Å². The number of benzene rings is 3. The molecular weight excluding hydrogens is 405 g/mol. The summed E-state index contributed by atoms with van der Waals surface area (Å²) in [7, 11) is 0. The Balaban J connectivity index is 1.84. The van der Waals surface area contributed by atoms with Gasteiger partial charge >= 0.3 is 12.1 Å². The number of para-hydroxylation sites is 1. The first kappa shape index (κ1) is 20.2. The number of carbonyl (C=O) groups excluding carboxylic acids is 1. The predicted octanol–water partition coefficient (Wildman–Crippen LogP) is 5.37. The van der Waals surface area contributed by atoms with Crippen LogP contribution in [0.1, 0.15) is 0 Å². The van der Waals surface area contributed by atoms with E-state index in [-0.39, 0.29) is 17.1 Å². The Labute approximate surface area is 175 Å². The highest BCUT2D eigenvalue weighted by Crippen LogP contribution is 2.32. The fraction of sp³-hybridized carbons (Fsp3) is 0.0435. The van der Waals surface area contributed by atoms with Crippen LogP contribution >= 0.6 is 0 Å². The molecule has 4 aromatic rings. The highest BCUT2D eigenvalue weighted by molar-refractivity contribution is 5.98. The summed E-state index contributed by atoms with van der Waals surface area (Å²) in [6.45, 7) is 0. The monoisotopic (exact) mass is 420 g/mol. The van der Waals surface area contributed by atoms with E-state index in [1.165, 1.54) is 18.2 Å². The number of nitrogens with one attached hydrogen (secondary N) is 1. The third kappa shape index (κ3) is 4.42. The average Bonchev–Trinajstić information content (AvgIpc) is 2.79. The predicted molar refractivity (Wildman–Crippen MR) is 111 cm³/mol. The Hall–Kier alpha value is -4.07. The summed E-state index contributed by atoms with van der Waals surface area (Å²) in [6, 6.07) is 24.6. The molecule has 0 aliphatic rings. The molecule has 3 aromatic carbocycles. The van der Waals surface area contributed by atoms with Crippen molar-refractivity contribution in [3.8, 4) is 33.9 Å². The van der Waals surface area contributed by atoms with Gasteiger partial charge < -0.3 is 5.32 Å². The lowest BCUT2D eigenvalue weighted by molar-refractivity contribution is -0.167. The first-order chi connectivity index (χ1) is 14.9. The molecule has 0 unspecified atom stereocenters. The minimum atomic E-state index is -5.02. The van der Waals surface area contributed by atoms with Gasteiger partial charge in [0, 0.05) is 16.7 Å². The number of aromatic nitrogens is 3. The molecule has 0 aliphatic heterocycles. The molecule has 1 heterocycles. The zero-order chi connectivity index (χ0) is 21.8. The van der Waals surface area contributed by atoms with Gasteiger partial charge in [0.2, 0.25) is 0 Å². The van der Waals surface area contributed by atoms with Crippen LogP contribution in [0.3, 0.4) is 0 Å². The van der Waals surface area contributed by atoms with Crippen molar-refractivity contribution in [1.29, 1.82) is 0 Å². The van der Waals surface area contributed by atoms with Crippen molar-refractivity contribution in [2.75, 3.05) is 5.32 Å². The Kier molecular flexibility index (Phi) is 5.44. The second kappa shape index (κ2) is 8.35. The Bertz CT molecular complexity index is 1210. The summed E-state index contributed by atoms with van der Waals surface area (Å²) >= 11 is 0. The molecule has 0 saturated carbocycles. The normalized spacial score (nSPS) is 11.2. The van der Waals surface area contributed by atoms with Gasteiger partial charge in [-0.3, -0.25) is 4.79 Å². The first-order valence-electron chi connectivity index (χ1n) is 9.26. The molecule has 8 heteroatoms. The van der Waals surface area contributed by atoms with Gasteiger partial charge in [0.15, 0.2) is 5.82 Å². The lowest BCUT2D eigenvalue weighted by Gasteiger charge is -2.13. The molecule has 1 N–H and O–H groups in total. The number of rotatable bonds is 4. The maximum atomic E-state index is 12.7. The highest BCUT2D eigenvalue weighted by atomic mass is 19.4. The smallest absolute Gasteiger partial charge is 0.318 e. The quantitative estimate of drug-likeness (QED) is 0.482. The van der Waals surface area contributed by atoms with Gasteiger partial charge in [-0.2, -0.15) is 13.2 Å². The average molecular weight is 420 g/mol. The Morgan fingerprint density at radius 3 is 1.87 bits per heavy atom. The second-order valence-corrected chi connectivity index (χ2v) is 6.56. The molecule has 0 atom stereocenters. The third-order valence-corrected chi connectivity index (χ3v) is 4.45. The summed E-state index contributed by atoms with van der Waals surface area (Å²) in [4.78, 5) is 16.1. The van der Waals surface area contributed by atoms with Crippen molar-refractivity contribution in [2.45, 2.75) is 6.18 Å². The molecular formula is C23H15F3N4O. The molecule has 0 bridgehead atoms. The molecule has 5 nitrogen and oxygen atoms in total. The van der Waals surface area contributed by atoms with Crippen LogP contribution in [0, 0.1) is 0 Å². The molecule has 0 radical (unpaired) electrons. The second-order valence-electron chi connectivity index (χ2n) is 6.56. The summed E-state index contributed by atoms with van der Waals surface area (Å²) < 4.78 is 38.2. The van der Waals surface area contributed by atoms with E-state index in [2.05, 4.69) is 15.2 Å². The standard InChI is InChI=1S/C23H15F3N4O/c24-23(25,26)22(31)27-18-14-8-7-13-17(18)21-28-19(15-9-3-1-4-10-15)20(29-30-21)16-11-5-2-6-12-16/h1-14H,(H,27,31). The Morgan fingerprint density at radius 1 is 0.710 bits per heavy atom. The minimum absolute atomic E-state index is 0.0573. The van der Waals surface area contributed by atoms with Crippen molar-refractivity contribution in [2.24, 2.45) is 0 Å². The van der Waals surface area contributed by atoms with Crippen molar-refractivity contribution in [3.05, 3.63) is 84.9 Å². The van der Waals surface area contributed by atoms with Crippen LogP contribution in [0.5, 0.6) is 0 Å². The molecule has 4 rings (SSSR count). The number of alkyl halides is 3. The first-order valence-corrected chi connectivity index (χ1v) is 9.26. The SMILES string of the molecule is O=C(Nc1ccccc1-c1nnc(-c2ccccc2)c(-c2ccccc2)n1)C(F)(F)F. The van der Waals surface area contributed by atoms with Gasteiger partial charge in [-0.25, -0.2) is 4.98 Å². The van der Waals surface area contributed by atoms with Crippen LogP contribution in [-0.4, -0.2) is 27.3 Å². The van der Waals surface area contributed by atoms with E-state index in [4.69, 9.17) is 0 Å². The van der Waals surface area contributed by atoms with Crippen LogP contribution in [-0.2, 0) is 4.79 Å². The summed E-state index contributed by atoms with van der Waals surface area (Å²) in [6.07, 6.45) is -5.02. The fourth-order valence-electron chi connectivity index (χ4n) is 3.01. The van der Waals surface area contributed by atoms with Gasteiger partial charge in [0.05, 0.1) is 5.69 Å². The maximum absolute atomic E-state index is 12.7. The lowest BCUT2D eigenvalue weighted by atomic mass is 10.0. The summed E-state index contributed by atoms with van der Waals surface area (Å²) in [5, 5.41) is 10.4. The van der Waals surface area contributed by atoms with Crippen molar-refractivity contribution in [3.63, 3.8) is 0 Å². The number of amides is 1. The van der Waals surface area contributed by atoms with Crippen LogP contribution in [0.4, 0.5) is 18.9 Å². The minimum Gasteiger partial charge on any atom is -0.318 e. The van der Waals surface area contributed by atoms with Crippen LogP contribution in [0.2, 0.25) is 0 Å². The molecule has 0 fully saturated rings. The zero-order valence-corrected chi connectivity index (χ0v) is 16.0. The van der Waals surface area contributed by atoms with Gasteiger partial charge in [-0.15, -0.1) is 10.2 Å². The molecule has 31 heavy (non-hydrogen) atoms. The molecule has 0 saturated heterocycles. The largest absolute Gasteiger partial charge is 0.471 e. The van der Waals surface area contributed by atoms with Crippen LogP contribution in [0.15, 0.2) is 84.9 Å². The molecule has 1 aromatic heterocycles. The lowest BCUT2D eigenvalue weighted by Crippen LogP contribution is -2.30. The number of nitrogens with zero attached hydrogens (tertiary/aromatic N) is 3. The molecule has 154 valence electrons. The van der Waals surface area contributed by atoms with Gasteiger partial charge in [0.25, 0.3) is 0 Å². The van der Waals surface area contributed by atoms with E-state index in [1.807, 2.05) is 66.0 Å². The Morgan fingerprint density at radius 2 is 1.26 bits per heavy atom. The zero-order valence-electron chi connectivity index (χ0n) is 16.0. The van der Waals surface area contributed by atoms with E-state index in [0.717, 1.165) is 11.1 Å². The summed E-state index contributed by atoms with van der Waals surface area (Å²) in [5.74, 6) is -1.98. The highest BCUT2D eigenvalue weighted by Gasteiger charge is 2.39. The van der Waals surface area contributed by atoms with Crippen molar-refractivity contribution >= 4 is 11.6 Å². The van der Waals surface area contributed by atoms with E-state index in [9.17, 15) is 18.0 Å². The van der Waals surface area contributed by atoms with E-state index in [0.29, 0.717) is 11.4 Å². The van der Waals surface area contributed by atoms with Gasteiger partial charge in [-0.05, 0) is 12.1 Å². The number of carbonyl (C=O) groups is 1. The maximum Gasteiger partial charge on any atom is 0.471 e. The van der Waals surface area contributed by atoms with Crippen molar-refractivity contribution < 1.29 is 18.0 Å². The number of hydrogen-bond donors (Lipinski definition) is 1. The van der Waals surface area contributed by atoms with Crippen LogP contribution in [0.25, 0.3) is 33.9 Å². The number of halogens is 3. The molecule has 0 aliphatic carbocycles. The van der Waals surface area contributed by atoms with Crippen LogP contribution < -0.4 is 5.32 Å². The number of anilines is 1. The number of hydrogen-bond acceptors (Lipinski definition) is 4. The molecule has 1 amide bonds. The van der Waals surface area contributed by atoms with Crippen molar-refractivity contribution in [1.82, 2.24) is 15.2 Å². The van der Waals surface area contributed by atoms with Gasteiger partial charge in [-0.1, -0.05) is 72.8 Å². The van der Waals surface area contributed by atoms with Gasteiger partial charge in [0.1, 0.15) is 11.4 Å². The summed E-state index contributed by atoms with van der Waals surface area (Å²) in [5.41, 5.74) is 2.80. The fourth-order valence-corrected chi connectivity index (χ4v) is 3.01. The van der Waals surface area contributed by atoms with E-state index < -0.39 is 12.1 Å².